The summed E-state index contributed by atoms with van der Waals surface area (Å²) in [4.78, 5) is 15.6. The fourth-order valence-electron chi connectivity index (χ4n) is 1.64. The predicted molar refractivity (Wildman–Crippen MR) is 55.9 cm³/mol. The lowest BCUT2D eigenvalue weighted by Crippen LogP contribution is -2.53. The molecule has 0 aromatic carbocycles. The van der Waals surface area contributed by atoms with Crippen LogP contribution in [0.3, 0.4) is 0 Å². The first-order chi connectivity index (χ1) is 8.36. The average Bonchev–Trinajstić information content (AvgIpc) is 2.21. The zero-order valence-electron chi connectivity index (χ0n) is 9.15. The maximum absolute atomic E-state index is 12.5. The SMILES string of the molecule is NC(=O)OC1CN(c2cncc(C(F)(F)F)c2)C1. The number of rotatable bonds is 2. The van der Waals surface area contributed by atoms with Gasteiger partial charge in [0.1, 0.15) is 6.10 Å². The Morgan fingerprint density at radius 3 is 2.67 bits per heavy atom. The number of amides is 1. The number of ether oxygens (including phenoxy) is 1. The topological polar surface area (TPSA) is 68.5 Å². The summed E-state index contributed by atoms with van der Waals surface area (Å²) < 4.78 is 42.1. The Morgan fingerprint density at radius 2 is 2.11 bits per heavy atom. The van der Waals surface area contributed by atoms with Gasteiger partial charge in [0.05, 0.1) is 30.5 Å². The molecule has 0 radical (unpaired) electrons. The summed E-state index contributed by atoms with van der Waals surface area (Å²) in [6.45, 7) is 0.623. The monoisotopic (exact) mass is 261 g/mol. The van der Waals surface area contributed by atoms with E-state index in [1.165, 1.54) is 6.20 Å². The van der Waals surface area contributed by atoms with Gasteiger partial charge >= 0.3 is 12.3 Å². The summed E-state index contributed by atoms with van der Waals surface area (Å²) >= 11 is 0. The van der Waals surface area contributed by atoms with E-state index >= 15 is 0 Å². The number of nitrogens with two attached hydrogens (primary N) is 1. The quantitative estimate of drug-likeness (QED) is 0.873. The molecule has 1 aromatic rings. The Bertz CT molecular complexity index is 458. The minimum atomic E-state index is -4.42. The van der Waals surface area contributed by atoms with Crippen molar-refractivity contribution in [3.8, 4) is 0 Å². The molecule has 1 amide bonds. The number of hydrogen-bond acceptors (Lipinski definition) is 4. The summed E-state index contributed by atoms with van der Waals surface area (Å²) in [5.74, 6) is 0. The van der Waals surface area contributed by atoms with E-state index in [-0.39, 0.29) is 6.10 Å². The second-order valence-electron chi connectivity index (χ2n) is 3.89. The molecule has 0 unspecified atom stereocenters. The van der Waals surface area contributed by atoms with Gasteiger partial charge in [-0.2, -0.15) is 13.2 Å². The first-order valence-corrected chi connectivity index (χ1v) is 5.09. The molecule has 1 fully saturated rings. The molecular formula is C10H10F3N3O2. The Morgan fingerprint density at radius 1 is 1.44 bits per heavy atom. The normalized spacial score (nSPS) is 16.3. The van der Waals surface area contributed by atoms with Crippen molar-refractivity contribution in [2.45, 2.75) is 12.3 Å². The number of primary amides is 1. The van der Waals surface area contributed by atoms with Crippen LogP contribution in [0.5, 0.6) is 0 Å². The molecule has 98 valence electrons. The van der Waals surface area contributed by atoms with Gasteiger partial charge in [-0.25, -0.2) is 4.79 Å². The number of hydrogen-bond donors (Lipinski definition) is 1. The van der Waals surface area contributed by atoms with Gasteiger partial charge in [0.2, 0.25) is 0 Å². The highest BCUT2D eigenvalue weighted by atomic mass is 19.4. The van der Waals surface area contributed by atoms with Crippen molar-refractivity contribution >= 4 is 11.8 Å². The number of halogens is 3. The smallest absolute Gasteiger partial charge is 0.417 e. The highest BCUT2D eigenvalue weighted by Gasteiger charge is 2.34. The average molecular weight is 261 g/mol. The number of nitrogens with zero attached hydrogens (tertiary/aromatic N) is 2. The van der Waals surface area contributed by atoms with Gasteiger partial charge in [0.15, 0.2) is 0 Å². The minimum Gasteiger partial charge on any atom is -0.443 e. The molecule has 1 aliphatic rings. The zero-order chi connectivity index (χ0) is 13.3. The summed E-state index contributed by atoms with van der Waals surface area (Å²) in [6.07, 6.45) is -3.59. The van der Waals surface area contributed by atoms with Crippen LogP contribution in [0.2, 0.25) is 0 Å². The predicted octanol–water partition coefficient (Wildman–Crippen LogP) is 1.38. The molecule has 1 aliphatic heterocycles. The van der Waals surface area contributed by atoms with Crippen LogP contribution < -0.4 is 10.6 Å². The highest BCUT2D eigenvalue weighted by Crippen LogP contribution is 2.32. The standard InChI is InChI=1S/C10H10F3N3O2/c11-10(12,13)6-1-7(3-15-2-6)16-4-8(5-16)18-9(14)17/h1-3,8H,4-5H2,(H2,14,17). The number of alkyl halides is 3. The summed E-state index contributed by atoms with van der Waals surface area (Å²) in [6, 6.07) is 1.01. The summed E-state index contributed by atoms with van der Waals surface area (Å²) in [5, 5.41) is 0. The molecule has 2 rings (SSSR count). The van der Waals surface area contributed by atoms with Crippen LogP contribution >= 0.6 is 0 Å². The van der Waals surface area contributed by atoms with E-state index in [1.807, 2.05) is 0 Å². The van der Waals surface area contributed by atoms with Crippen LogP contribution in [0.1, 0.15) is 5.56 Å². The fourth-order valence-corrected chi connectivity index (χ4v) is 1.64. The van der Waals surface area contributed by atoms with E-state index in [1.54, 1.807) is 4.90 Å². The summed E-state index contributed by atoms with van der Waals surface area (Å²) in [5.41, 5.74) is 4.36. The number of carbonyl (C=O) groups is 1. The molecule has 0 saturated carbocycles. The number of pyridine rings is 1. The van der Waals surface area contributed by atoms with Gasteiger partial charge in [0, 0.05) is 6.20 Å². The number of aromatic nitrogens is 1. The van der Waals surface area contributed by atoms with E-state index in [2.05, 4.69) is 9.72 Å². The molecule has 0 bridgehead atoms. The van der Waals surface area contributed by atoms with Crippen LogP contribution in [0.15, 0.2) is 18.5 Å². The molecule has 1 aromatic heterocycles. The molecule has 0 spiro atoms. The largest absolute Gasteiger partial charge is 0.443 e. The summed E-state index contributed by atoms with van der Waals surface area (Å²) in [7, 11) is 0. The second-order valence-corrected chi connectivity index (χ2v) is 3.89. The molecule has 2 N–H and O–H groups in total. The minimum absolute atomic E-state index is 0.311. The van der Waals surface area contributed by atoms with E-state index in [0.29, 0.717) is 18.8 Å². The van der Waals surface area contributed by atoms with Crippen LogP contribution in [0.4, 0.5) is 23.7 Å². The maximum atomic E-state index is 12.5. The van der Waals surface area contributed by atoms with Gasteiger partial charge in [-0.1, -0.05) is 0 Å². The van der Waals surface area contributed by atoms with Crippen LogP contribution in [0.25, 0.3) is 0 Å². The zero-order valence-corrected chi connectivity index (χ0v) is 9.15. The molecule has 18 heavy (non-hydrogen) atoms. The fraction of sp³-hybridized carbons (Fsp3) is 0.400. The first kappa shape index (κ1) is 12.5. The second kappa shape index (κ2) is 4.35. The Labute approximate surface area is 100 Å². The van der Waals surface area contributed by atoms with Crippen LogP contribution in [0, 0.1) is 0 Å². The van der Waals surface area contributed by atoms with Crippen LogP contribution in [-0.2, 0) is 10.9 Å². The molecule has 0 atom stereocenters. The number of carbonyl (C=O) groups excluding carboxylic acids is 1. The van der Waals surface area contributed by atoms with Crippen molar-refractivity contribution < 1.29 is 22.7 Å². The Hall–Kier alpha value is -1.99. The van der Waals surface area contributed by atoms with Gasteiger partial charge in [0.25, 0.3) is 0 Å². The third-order valence-corrected chi connectivity index (χ3v) is 2.55. The van der Waals surface area contributed by atoms with E-state index < -0.39 is 17.8 Å². The van der Waals surface area contributed by atoms with Crippen molar-refractivity contribution in [2.75, 3.05) is 18.0 Å². The third-order valence-electron chi connectivity index (χ3n) is 2.55. The van der Waals surface area contributed by atoms with E-state index in [9.17, 15) is 18.0 Å². The van der Waals surface area contributed by atoms with Crippen molar-refractivity contribution in [2.24, 2.45) is 5.73 Å². The van der Waals surface area contributed by atoms with Crippen molar-refractivity contribution in [1.29, 1.82) is 0 Å². The molecule has 1 saturated heterocycles. The number of anilines is 1. The Balaban J connectivity index is 2.02. The molecule has 2 heterocycles. The van der Waals surface area contributed by atoms with Crippen molar-refractivity contribution in [3.05, 3.63) is 24.0 Å². The van der Waals surface area contributed by atoms with Crippen molar-refractivity contribution in [3.63, 3.8) is 0 Å². The van der Waals surface area contributed by atoms with Crippen LogP contribution in [-0.4, -0.2) is 30.3 Å². The van der Waals surface area contributed by atoms with Gasteiger partial charge in [-0.05, 0) is 6.07 Å². The van der Waals surface area contributed by atoms with Gasteiger partial charge in [-0.15, -0.1) is 0 Å². The van der Waals surface area contributed by atoms with E-state index in [4.69, 9.17) is 5.73 Å². The lowest BCUT2D eigenvalue weighted by molar-refractivity contribution is -0.137. The Kier molecular flexibility index (Phi) is 3.02. The van der Waals surface area contributed by atoms with E-state index in [0.717, 1.165) is 12.3 Å². The molecule has 8 heteroatoms. The van der Waals surface area contributed by atoms with Gasteiger partial charge < -0.3 is 15.4 Å². The third kappa shape index (κ3) is 2.63. The molecule has 0 aliphatic carbocycles. The molecular weight excluding hydrogens is 251 g/mol. The van der Waals surface area contributed by atoms with Crippen molar-refractivity contribution in [1.82, 2.24) is 4.98 Å². The first-order valence-electron chi connectivity index (χ1n) is 5.09. The maximum Gasteiger partial charge on any atom is 0.417 e. The highest BCUT2D eigenvalue weighted by molar-refractivity contribution is 5.65. The molecule has 5 nitrogen and oxygen atoms in total. The van der Waals surface area contributed by atoms with Gasteiger partial charge in [-0.3, -0.25) is 4.98 Å². The lowest BCUT2D eigenvalue weighted by atomic mass is 10.1. The lowest BCUT2D eigenvalue weighted by Gasteiger charge is -2.39.